The first-order chi connectivity index (χ1) is 13.7. The van der Waals surface area contributed by atoms with Crippen LogP contribution in [0.5, 0.6) is 0 Å². The molecule has 3 rings (SSSR count). The molecule has 2 heterocycles. The van der Waals surface area contributed by atoms with Gasteiger partial charge in [-0.15, -0.1) is 24.0 Å². The molecule has 1 aliphatic rings. The SMILES string of the molecule is CCNC(=NCCN1CCN(CC)CC1)NCCc1c[nH]c2cc(C)ccc12.I. The summed E-state index contributed by atoms with van der Waals surface area (Å²) in [6, 6.07) is 6.60. The second-order valence-corrected chi connectivity index (χ2v) is 7.58. The molecule has 2 aromatic rings. The predicted molar refractivity (Wildman–Crippen MR) is 135 cm³/mol. The number of aryl methyl sites for hydroxylation is 1. The van der Waals surface area contributed by atoms with Crippen LogP contribution in [0.2, 0.25) is 0 Å². The zero-order valence-electron chi connectivity index (χ0n) is 18.1. The molecule has 1 fully saturated rings. The average Bonchev–Trinajstić information content (AvgIpc) is 3.10. The molecular weight excluding hydrogens is 475 g/mol. The minimum Gasteiger partial charge on any atom is -0.361 e. The van der Waals surface area contributed by atoms with Crippen LogP contribution in [0.4, 0.5) is 0 Å². The summed E-state index contributed by atoms with van der Waals surface area (Å²) in [5.74, 6) is 0.922. The standard InChI is InChI=1S/C22H36N6.HI/c1-4-23-22(25-10-11-28-14-12-27(5-2)13-15-28)24-9-8-19-17-26-21-16-18(3)6-7-20(19)21;/h6-7,16-17,26H,4-5,8-15H2,1-3H3,(H2,23,24,25);1H. The topological polar surface area (TPSA) is 58.7 Å². The molecule has 29 heavy (non-hydrogen) atoms. The maximum Gasteiger partial charge on any atom is 0.191 e. The Kier molecular flexibility index (Phi) is 10.2. The van der Waals surface area contributed by atoms with Crippen LogP contribution in [0.3, 0.4) is 0 Å². The predicted octanol–water partition coefficient (Wildman–Crippen LogP) is 2.83. The molecule has 0 amide bonds. The molecule has 0 aliphatic carbocycles. The van der Waals surface area contributed by atoms with Crippen molar-refractivity contribution in [2.45, 2.75) is 27.2 Å². The number of rotatable bonds is 8. The number of aliphatic imine (C=N–C) groups is 1. The first-order valence-corrected chi connectivity index (χ1v) is 10.7. The summed E-state index contributed by atoms with van der Waals surface area (Å²) in [5.41, 5.74) is 3.86. The molecule has 3 N–H and O–H groups in total. The van der Waals surface area contributed by atoms with E-state index < -0.39 is 0 Å². The Morgan fingerprint density at radius 2 is 1.86 bits per heavy atom. The number of piperazine rings is 1. The van der Waals surface area contributed by atoms with E-state index in [1.165, 1.54) is 35.1 Å². The van der Waals surface area contributed by atoms with Gasteiger partial charge in [0.15, 0.2) is 5.96 Å². The highest BCUT2D eigenvalue weighted by molar-refractivity contribution is 14.0. The largest absolute Gasteiger partial charge is 0.361 e. The molecule has 0 spiro atoms. The molecule has 1 aliphatic heterocycles. The highest BCUT2D eigenvalue weighted by atomic mass is 127. The van der Waals surface area contributed by atoms with E-state index in [-0.39, 0.29) is 24.0 Å². The fourth-order valence-corrected chi connectivity index (χ4v) is 3.80. The van der Waals surface area contributed by atoms with E-state index in [4.69, 9.17) is 4.99 Å². The Hall–Kier alpha value is -1.32. The quantitative estimate of drug-likeness (QED) is 0.289. The fourth-order valence-electron chi connectivity index (χ4n) is 3.80. The molecule has 0 radical (unpaired) electrons. The van der Waals surface area contributed by atoms with Crippen molar-refractivity contribution >= 4 is 40.8 Å². The van der Waals surface area contributed by atoms with Gasteiger partial charge in [0.2, 0.25) is 0 Å². The van der Waals surface area contributed by atoms with Gasteiger partial charge in [-0.2, -0.15) is 0 Å². The lowest BCUT2D eigenvalue weighted by Crippen LogP contribution is -2.47. The van der Waals surface area contributed by atoms with Crippen molar-refractivity contribution in [3.8, 4) is 0 Å². The first-order valence-electron chi connectivity index (χ1n) is 10.7. The lowest BCUT2D eigenvalue weighted by atomic mass is 10.1. The molecule has 1 aromatic heterocycles. The molecular formula is C22H37IN6. The lowest BCUT2D eigenvalue weighted by Gasteiger charge is -2.33. The van der Waals surface area contributed by atoms with Crippen LogP contribution < -0.4 is 10.6 Å². The molecule has 7 heteroatoms. The van der Waals surface area contributed by atoms with Gasteiger partial charge < -0.3 is 20.5 Å². The van der Waals surface area contributed by atoms with Gasteiger partial charge in [0.25, 0.3) is 0 Å². The minimum absolute atomic E-state index is 0. The van der Waals surface area contributed by atoms with Gasteiger partial charge in [0.1, 0.15) is 0 Å². The Bertz CT molecular complexity index is 764. The number of likely N-dealkylation sites (N-methyl/N-ethyl adjacent to an activating group) is 1. The zero-order chi connectivity index (χ0) is 19.8. The van der Waals surface area contributed by atoms with Gasteiger partial charge in [0.05, 0.1) is 6.54 Å². The molecule has 0 unspecified atom stereocenters. The maximum atomic E-state index is 4.77. The fraction of sp³-hybridized carbons (Fsp3) is 0.591. The van der Waals surface area contributed by atoms with Crippen LogP contribution in [-0.2, 0) is 6.42 Å². The normalized spacial score (nSPS) is 16.0. The van der Waals surface area contributed by atoms with Gasteiger partial charge in [0, 0.05) is 62.9 Å². The van der Waals surface area contributed by atoms with Gasteiger partial charge >= 0.3 is 0 Å². The zero-order valence-corrected chi connectivity index (χ0v) is 20.5. The molecule has 6 nitrogen and oxygen atoms in total. The van der Waals surface area contributed by atoms with E-state index in [2.05, 4.69) is 70.6 Å². The monoisotopic (exact) mass is 512 g/mol. The number of nitrogens with zero attached hydrogens (tertiary/aromatic N) is 3. The highest BCUT2D eigenvalue weighted by Gasteiger charge is 2.14. The van der Waals surface area contributed by atoms with Crippen molar-refractivity contribution in [3.63, 3.8) is 0 Å². The van der Waals surface area contributed by atoms with E-state index in [9.17, 15) is 0 Å². The van der Waals surface area contributed by atoms with Crippen LogP contribution in [0.1, 0.15) is 25.0 Å². The summed E-state index contributed by atoms with van der Waals surface area (Å²) in [5, 5.41) is 8.17. The van der Waals surface area contributed by atoms with E-state index in [0.717, 1.165) is 58.2 Å². The number of fused-ring (bicyclic) bond motifs is 1. The third kappa shape index (κ3) is 7.15. The molecule has 162 valence electrons. The molecule has 1 saturated heterocycles. The summed E-state index contributed by atoms with van der Waals surface area (Å²) in [7, 11) is 0. The van der Waals surface area contributed by atoms with E-state index >= 15 is 0 Å². The average molecular weight is 512 g/mol. The minimum atomic E-state index is 0. The Morgan fingerprint density at radius 3 is 2.59 bits per heavy atom. The van der Waals surface area contributed by atoms with Gasteiger partial charge in [-0.1, -0.05) is 19.1 Å². The Labute approximate surface area is 192 Å². The third-order valence-electron chi connectivity index (χ3n) is 5.55. The number of hydrogen-bond acceptors (Lipinski definition) is 3. The number of benzene rings is 1. The van der Waals surface area contributed by atoms with Crippen molar-refractivity contribution < 1.29 is 0 Å². The second-order valence-electron chi connectivity index (χ2n) is 7.58. The van der Waals surface area contributed by atoms with E-state index in [0.29, 0.717) is 0 Å². The maximum absolute atomic E-state index is 4.77. The van der Waals surface area contributed by atoms with Crippen LogP contribution in [0.15, 0.2) is 29.4 Å². The van der Waals surface area contributed by atoms with Crippen LogP contribution in [-0.4, -0.2) is 79.6 Å². The summed E-state index contributed by atoms with van der Waals surface area (Å²) in [4.78, 5) is 13.2. The van der Waals surface area contributed by atoms with Crippen LogP contribution in [0, 0.1) is 6.92 Å². The number of halogens is 1. The van der Waals surface area contributed by atoms with E-state index in [1.54, 1.807) is 0 Å². The van der Waals surface area contributed by atoms with Crippen LogP contribution >= 0.6 is 24.0 Å². The Morgan fingerprint density at radius 1 is 1.10 bits per heavy atom. The van der Waals surface area contributed by atoms with Crippen molar-refractivity contribution in [2.24, 2.45) is 4.99 Å². The van der Waals surface area contributed by atoms with E-state index in [1.807, 2.05) is 0 Å². The highest BCUT2D eigenvalue weighted by Crippen LogP contribution is 2.19. The molecule has 1 aromatic carbocycles. The van der Waals surface area contributed by atoms with Crippen molar-refractivity contribution in [2.75, 3.05) is 58.9 Å². The van der Waals surface area contributed by atoms with Gasteiger partial charge in [-0.3, -0.25) is 9.89 Å². The number of H-pyrrole nitrogens is 1. The summed E-state index contributed by atoms with van der Waals surface area (Å²) in [6.45, 7) is 16.0. The summed E-state index contributed by atoms with van der Waals surface area (Å²) < 4.78 is 0. The first kappa shape index (κ1) is 24.0. The Balaban J connectivity index is 0.00000300. The molecule has 0 saturated carbocycles. The summed E-state index contributed by atoms with van der Waals surface area (Å²) in [6.07, 6.45) is 3.11. The molecule has 0 bridgehead atoms. The summed E-state index contributed by atoms with van der Waals surface area (Å²) >= 11 is 0. The number of hydrogen-bond donors (Lipinski definition) is 3. The number of nitrogens with one attached hydrogen (secondary N) is 3. The molecule has 0 atom stereocenters. The van der Waals surface area contributed by atoms with Gasteiger partial charge in [-0.05, 0) is 44.0 Å². The van der Waals surface area contributed by atoms with Crippen LogP contribution in [0.25, 0.3) is 10.9 Å². The van der Waals surface area contributed by atoms with Crippen molar-refractivity contribution in [1.29, 1.82) is 0 Å². The smallest absolute Gasteiger partial charge is 0.191 e. The number of aromatic amines is 1. The lowest BCUT2D eigenvalue weighted by molar-refractivity contribution is 0.140. The van der Waals surface area contributed by atoms with Crippen molar-refractivity contribution in [1.82, 2.24) is 25.4 Å². The second kappa shape index (κ2) is 12.4. The third-order valence-corrected chi connectivity index (χ3v) is 5.55. The number of aromatic nitrogens is 1. The van der Waals surface area contributed by atoms with Crippen molar-refractivity contribution in [3.05, 3.63) is 35.5 Å². The number of guanidine groups is 1. The van der Waals surface area contributed by atoms with Gasteiger partial charge in [-0.25, -0.2) is 0 Å².